The number of benzene rings is 2. The molecule has 1 unspecified atom stereocenters. The monoisotopic (exact) mass is 283 g/mol. The number of amides is 1. The van der Waals surface area contributed by atoms with Crippen molar-refractivity contribution in [2.75, 3.05) is 13.2 Å². The topological polar surface area (TPSA) is 49.8 Å². The molecule has 0 aromatic heterocycles. The van der Waals surface area contributed by atoms with Gasteiger partial charge in [-0.05, 0) is 11.6 Å². The van der Waals surface area contributed by atoms with E-state index in [0.717, 1.165) is 5.56 Å². The highest BCUT2D eigenvalue weighted by atomic mass is 16.5. The zero-order valence-corrected chi connectivity index (χ0v) is 11.6. The minimum atomic E-state index is -0.867. The average molecular weight is 283 g/mol. The van der Waals surface area contributed by atoms with Gasteiger partial charge in [-0.15, -0.1) is 0 Å². The molecular weight excluding hydrogens is 266 g/mol. The first-order valence-electron chi connectivity index (χ1n) is 6.97. The Bertz CT molecular complexity index is 627. The van der Waals surface area contributed by atoms with Gasteiger partial charge in [-0.3, -0.25) is 4.79 Å². The molecule has 1 aliphatic rings. The number of fused-ring (bicyclic) bond motifs is 1. The number of carbonyl (C=O) groups is 1. The molecular formula is C17H17NO3. The van der Waals surface area contributed by atoms with Gasteiger partial charge in [0, 0.05) is 17.7 Å². The number of rotatable bonds is 5. The van der Waals surface area contributed by atoms with Crippen LogP contribution in [0.25, 0.3) is 0 Å². The molecule has 1 N–H and O–H groups in total. The van der Waals surface area contributed by atoms with Crippen LogP contribution in [-0.2, 0) is 11.3 Å². The van der Waals surface area contributed by atoms with Crippen LogP contribution in [-0.4, -0.2) is 29.1 Å². The molecule has 1 aliphatic heterocycles. The van der Waals surface area contributed by atoms with Gasteiger partial charge in [0.25, 0.3) is 5.91 Å². The third-order valence-corrected chi connectivity index (χ3v) is 3.61. The van der Waals surface area contributed by atoms with E-state index in [-0.39, 0.29) is 5.91 Å². The van der Waals surface area contributed by atoms with Crippen LogP contribution in [0.15, 0.2) is 54.6 Å². The van der Waals surface area contributed by atoms with Crippen LogP contribution in [0.3, 0.4) is 0 Å². The first kappa shape index (κ1) is 13.8. The van der Waals surface area contributed by atoms with Crippen molar-refractivity contribution in [1.82, 2.24) is 4.90 Å². The largest absolute Gasteiger partial charge is 0.375 e. The second-order valence-corrected chi connectivity index (χ2v) is 5.00. The number of aliphatic hydroxyl groups excluding tert-OH is 1. The van der Waals surface area contributed by atoms with Gasteiger partial charge in [-0.25, -0.2) is 0 Å². The molecule has 0 radical (unpaired) electrons. The summed E-state index contributed by atoms with van der Waals surface area (Å²) < 4.78 is 5.57. The number of hydrogen-bond donors (Lipinski definition) is 1. The summed E-state index contributed by atoms with van der Waals surface area (Å²) in [4.78, 5) is 13.6. The molecule has 108 valence electrons. The van der Waals surface area contributed by atoms with E-state index in [9.17, 15) is 9.90 Å². The highest BCUT2D eigenvalue weighted by Crippen LogP contribution is 2.30. The Morgan fingerprint density at radius 2 is 1.76 bits per heavy atom. The van der Waals surface area contributed by atoms with Crippen molar-refractivity contribution in [1.29, 1.82) is 0 Å². The van der Waals surface area contributed by atoms with E-state index < -0.39 is 6.23 Å². The molecule has 0 bridgehead atoms. The van der Waals surface area contributed by atoms with E-state index in [0.29, 0.717) is 30.9 Å². The first-order valence-corrected chi connectivity index (χ1v) is 6.97. The first-order chi connectivity index (χ1) is 10.3. The fourth-order valence-corrected chi connectivity index (χ4v) is 2.50. The maximum Gasteiger partial charge on any atom is 0.256 e. The Kier molecular flexibility index (Phi) is 3.99. The van der Waals surface area contributed by atoms with Gasteiger partial charge in [0.1, 0.15) is 0 Å². The fraction of sp³-hybridized carbons (Fsp3) is 0.235. The van der Waals surface area contributed by atoms with Gasteiger partial charge in [0.05, 0.1) is 13.2 Å². The lowest BCUT2D eigenvalue weighted by Gasteiger charge is -2.20. The third kappa shape index (κ3) is 2.82. The Labute approximate surface area is 123 Å². The van der Waals surface area contributed by atoms with Gasteiger partial charge in [-0.2, -0.15) is 0 Å². The van der Waals surface area contributed by atoms with Crippen LogP contribution in [0.4, 0.5) is 0 Å². The van der Waals surface area contributed by atoms with Gasteiger partial charge in [-0.1, -0.05) is 48.5 Å². The zero-order chi connectivity index (χ0) is 14.7. The summed E-state index contributed by atoms with van der Waals surface area (Å²) >= 11 is 0. The van der Waals surface area contributed by atoms with Crippen LogP contribution in [0.2, 0.25) is 0 Å². The number of carbonyl (C=O) groups excluding carboxylic acids is 1. The molecule has 0 spiro atoms. The molecule has 1 heterocycles. The summed E-state index contributed by atoms with van der Waals surface area (Å²) in [5, 5.41) is 10.2. The summed E-state index contributed by atoms with van der Waals surface area (Å²) in [6.45, 7) is 1.28. The van der Waals surface area contributed by atoms with Gasteiger partial charge in [0.15, 0.2) is 6.23 Å². The Morgan fingerprint density at radius 3 is 2.52 bits per heavy atom. The maximum absolute atomic E-state index is 12.2. The zero-order valence-electron chi connectivity index (χ0n) is 11.6. The van der Waals surface area contributed by atoms with Crippen molar-refractivity contribution in [2.24, 2.45) is 0 Å². The predicted octanol–water partition coefficient (Wildman–Crippen LogP) is 2.35. The average Bonchev–Trinajstić information content (AvgIpc) is 2.77. The molecule has 0 fully saturated rings. The van der Waals surface area contributed by atoms with E-state index >= 15 is 0 Å². The van der Waals surface area contributed by atoms with E-state index in [1.165, 1.54) is 4.90 Å². The molecule has 1 amide bonds. The Balaban J connectivity index is 1.54. The lowest BCUT2D eigenvalue weighted by Crippen LogP contribution is -2.31. The van der Waals surface area contributed by atoms with Crippen LogP contribution in [0.5, 0.6) is 0 Å². The van der Waals surface area contributed by atoms with Crippen LogP contribution in [0, 0.1) is 0 Å². The number of aliphatic hydroxyl groups is 1. The van der Waals surface area contributed by atoms with Crippen molar-refractivity contribution in [3.05, 3.63) is 71.3 Å². The lowest BCUT2D eigenvalue weighted by molar-refractivity contribution is 0.000726. The van der Waals surface area contributed by atoms with E-state index in [2.05, 4.69) is 0 Å². The second-order valence-electron chi connectivity index (χ2n) is 5.00. The minimum absolute atomic E-state index is 0.138. The highest BCUT2D eigenvalue weighted by Gasteiger charge is 2.34. The second kappa shape index (κ2) is 6.08. The fourth-order valence-electron chi connectivity index (χ4n) is 2.50. The lowest BCUT2D eigenvalue weighted by atomic mass is 10.1. The smallest absolute Gasteiger partial charge is 0.256 e. The molecule has 0 aliphatic carbocycles. The molecule has 0 saturated carbocycles. The molecule has 3 rings (SSSR count). The minimum Gasteiger partial charge on any atom is -0.375 e. The summed E-state index contributed by atoms with van der Waals surface area (Å²) in [6.07, 6.45) is -0.867. The molecule has 21 heavy (non-hydrogen) atoms. The Hall–Kier alpha value is -2.17. The summed E-state index contributed by atoms with van der Waals surface area (Å²) in [7, 11) is 0. The van der Waals surface area contributed by atoms with Gasteiger partial charge < -0.3 is 14.7 Å². The van der Waals surface area contributed by atoms with Crippen molar-refractivity contribution < 1.29 is 14.6 Å². The molecule has 4 nitrogen and oxygen atoms in total. The number of ether oxygens (including phenoxy) is 1. The molecule has 1 atom stereocenters. The Morgan fingerprint density at radius 1 is 1.05 bits per heavy atom. The number of hydrogen-bond acceptors (Lipinski definition) is 3. The van der Waals surface area contributed by atoms with E-state index in [4.69, 9.17) is 4.74 Å². The van der Waals surface area contributed by atoms with E-state index in [1.807, 2.05) is 36.4 Å². The summed E-state index contributed by atoms with van der Waals surface area (Å²) in [5.74, 6) is -0.138. The van der Waals surface area contributed by atoms with E-state index in [1.54, 1.807) is 18.2 Å². The molecule has 2 aromatic rings. The standard InChI is InChI=1S/C17H17NO3/c19-16-14-8-4-5-9-15(14)17(20)18(16)10-11-21-12-13-6-2-1-3-7-13/h1-9,16,19H,10-12H2. The normalized spacial score (nSPS) is 17.1. The van der Waals surface area contributed by atoms with Crippen LogP contribution < -0.4 is 0 Å². The van der Waals surface area contributed by atoms with Gasteiger partial charge in [0.2, 0.25) is 0 Å². The quantitative estimate of drug-likeness (QED) is 0.857. The molecule has 0 saturated heterocycles. The highest BCUT2D eigenvalue weighted by molar-refractivity contribution is 5.98. The predicted molar refractivity (Wildman–Crippen MR) is 78.5 cm³/mol. The van der Waals surface area contributed by atoms with Crippen LogP contribution in [0.1, 0.15) is 27.7 Å². The summed E-state index contributed by atoms with van der Waals surface area (Å²) in [5.41, 5.74) is 2.34. The van der Waals surface area contributed by atoms with Crippen molar-refractivity contribution in [3.63, 3.8) is 0 Å². The summed E-state index contributed by atoms with van der Waals surface area (Å²) in [6, 6.07) is 17.0. The number of nitrogens with zero attached hydrogens (tertiary/aromatic N) is 1. The third-order valence-electron chi connectivity index (χ3n) is 3.61. The van der Waals surface area contributed by atoms with Gasteiger partial charge >= 0.3 is 0 Å². The van der Waals surface area contributed by atoms with Crippen molar-refractivity contribution >= 4 is 5.91 Å². The molecule has 4 heteroatoms. The van der Waals surface area contributed by atoms with Crippen molar-refractivity contribution in [3.8, 4) is 0 Å². The maximum atomic E-state index is 12.2. The SMILES string of the molecule is O=C1c2ccccc2C(O)N1CCOCc1ccccc1. The van der Waals surface area contributed by atoms with Crippen LogP contribution >= 0.6 is 0 Å². The van der Waals surface area contributed by atoms with Crippen molar-refractivity contribution in [2.45, 2.75) is 12.8 Å². The molecule has 2 aromatic carbocycles.